The SMILES string of the molecule is CCNC(=NCc1c(CC)noc1CC)NCCN1CCN(C(=O)OC(C)(C)C)CC1.I. The third-order valence-electron chi connectivity index (χ3n) is 5.09. The summed E-state index contributed by atoms with van der Waals surface area (Å²) in [5.41, 5.74) is 1.63. The van der Waals surface area contributed by atoms with E-state index in [0.29, 0.717) is 19.6 Å². The highest BCUT2D eigenvalue weighted by atomic mass is 127. The lowest BCUT2D eigenvalue weighted by Gasteiger charge is -2.35. The van der Waals surface area contributed by atoms with Crippen molar-refractivity contribution in [2.75, 3.05) is 45.8 Å². The van der Waals surface area contributed by atoms with Crippen molar-refractivity contribution in [3.05, 3.63) is 17.0 Å². The molecule has 1 aromatic heterocycles. The number of amides is 1. The molecule has 2 rings (SSSR count). The van der Waals surface area contributed by atoms with Gasteiger partial charge in [-0.2, -0.15) is 0 Å². The summed E-state index contributed by atoms with van der Waals surface area (Å²) in [5.74, 6) is 1.71. The smallest absolute Gasteiger partial charge is 0.410 e. The standard InChI is InChI=1S/C22H40N6O3.HI/c1-7-18-17(19(8-2)31-26-18)16-25-20(23-9-3)24-10-11-27-12-14-28(15-13-27)21(29)30-22(4,5)6;/h7-16H2,1-6H3,(H2,23,24,25);1H. The number of carbonyl (C=O) groups excluding carboxylic acids is 1. The minimum absolute atomic E-state index is 0. The third kappa shape index (κ3) is 9.13. The van der Waals surface area contributed by atoms with Gasteiger partial charge in [-0.3, -0.25) is 4.90 Å². The van der Waals surface area contributed by atoms with E-state index in [1.165, 1.54) is 0 Å². The number of hydrogen-bond acceptors (Lipinski definition) is 6. The van der Waals surface area contributed by atoms with Gasteiger partial charge in [-0.15, -0.1) is 24.0 Å². The molecular formula is C22H41IN6O3. The van der Waals surface area contributed by atoms with Crippen molar-refractivity contribution in [2.24, 2.45) is 4.99 Å². The predicted octanol–water partition coefficient (Wildman–Crippen LogP) is 3.03. The maximum atomic E-state index is 12.2. The molecule has 10 heteroatoms. The first kappa shape index (κ1) is 28.5. The van der Waals surface area contributed by atoms with Crippen LogP contribution in [0.4, 0.5) is 4.79 Å². The van der Waals surface area contributed by atoms with Gasteiger partial charge in [0.1, 0.15) is 11.4 Å². The van der Waals surface area contributed by atoms with E-state index in [0.717, 1.165) is 68.5 Å². The number of aromatic nitrogens is 1. The highest BCUT2D eigenvalue weighted by Crippen LogP contribution is 2.17. The Bertz CT molecular complexity index is 702. The van der Waals surface area contributed by atoms with Crippen LogP contribution in [0, 0.1) is 0 Å². The number of rotatable bonds is 8. The second-order valence-electron chi connectivity index (χ2n) is 8.67. The molecule has 0 aliphatic carbocycles. The number of ether oxygens (including phenoxy) is 1. The zero-order valence-electron chi connectivity index (χ0n) is 20.5. The lowest BCUT2D eigenvalue weighted by molar-refractivity contribution is 0.0147. The Kier molecular flexibility index (Phi) is 12.3. The number of aliphatic imine (C=N–C) groups is 1. The summed E-state index contributed by atoms with van der Waals surface area (Å²) in [4.78, 5) is 21.1. The Morgan fingerprint density at radius 2 is 1.81 bits per heavy atom. The third-order valence-corrected chi connectivity index (χ3v) is 5.09. The highest BCUT2D eigenvalue weighted by Gasteiger charge is 2.25. The van der Waals surface area contributed by atoms with Gasteiger partial charge < -0.3 is 24.8 Å². The van der Waals surface area contributed by atoms with Crippen LogP contribution in [-0.4, -0.2) is 78.4 Å². The monoisotopic (exact) mass is 564 g/mol. The predicted molar refractivity (Wildman–Crippen MR) is 138 cm³/mol. The first-order chi connectivity index (χ1) is 14.8. The Morgan fingerprint density at radius 1 is 1.12 bits per heavy atom. The topological polar surface area (TPSA) is 95.2 Å². The molecule has 9 nitrogen and oxygen atoms in total. The lowest BCUT2D eigenvalue weighted by atomic mass is 10.1. The first-order valence-electron chi connectivity index (χ1n) is 11.5. The molecule has 0 bridgehead atoms. The van der Waals surface area contributed by atoms with E-state index in [1.54, 1.807) is 4.90 Å². The van der Waals surface area contributed by atoms with E-state index in [4.69, 9.17) is 14.3 Å². The van der Waals surface area contributed by atoms with Crippen LogP contribution in [0.5, 0.6) is 0 Å². The van der Waals surface area contributed by atoms with E-state index >= 15 is 0 Å². The maximum Gasteiger partial charge on any atom is 0.410 e. The maximum absolute atomic E-state index is 12.2. The van der Waals surface area contributed by atoms with E-state index in [1.807, 2.05) is 20.8 Å². The molecule has 184 valence electrons. The van der Waals surface area contributed by atoms with Crippen LogP contribution in [0.3, 0.4) is 0 Å². The fraction of sp³-hybridized carbons (Fsp3) is 0.773. The second kappa shape index (κ2) is 13.9. The fourth-order valence-corrected chi connectivity index (χ4v) is 3.43. The van der Waals surface area contributed by atoms with Crippen molar-refractivity contribution < 1.29 is 14.1 Å². The van der Waals surface area contributed by atoms with Crippen LogP contribution in [0.2, 0.25) is 0 Å². The number of nitrogens with one attached hydrogen (secondary N) is 2. The number of piperazine rings is 1. The van der Waals surface area contributed by atoms with Crippen LogP contribution < -0.4 is 10.6 Å². The van der Waals surface area contributed by atoms with Crippen LogP contribution in [-0.2, 0) is 24.1 Å². The molecule has 1 aliphatic heterocycles. The molecule has 1 fully saturated rings. The van der Waals surface area contributed by atoms with E-state index < -0.39 is 5.60 Å². The zero-order valence-corrected chi connectivity index (χ0v) is 22.8. The normalized spacial score (nSPS) is 15.3. The Morgan fingerprint density at radius 3 is 2.38 bits per heavy atom. The van der Waals surface area contributed by atoms with Crippen molar-refractivity contribution in [2.45, 2.75) is 66.5 Å². The van der Waals surface area contributed by atoms with E-state index in [2.05, 4.69) is 41.5 Å². The fourth-order valence-electron chi connectivity index (χ4n) is 3.43. The van der Waals surface area contributed by atoms with E-state index in [-0.39, 0.29) is 30.1 Å². The number of guanidine groups is 1. The Hall–Kier alpha value is -1.56. The summed E-state index contributed by atoms with van der Waals surface area (Å²) in [5, 5.41) is 10.9. The molecule has 1 amide bonds. The van der Waals surface area contributed by atoms with Crippen LogP contribution in [0.15, 0.2) is 9.52 Å². The average molecular weight is 565 g/mol. The summed E-state index contributed by atoms with van der Waals surface area (Å²) in [6.07, 6.45) is 1.43. The summed E-state index contributed by atoms with van der Waals surface area (Å²) in [6.45, 7) is 18.0. The van der Waals surface area contributed by atoms with Crippen molar-refractivity contribution in [1.82, 2.24) is 25.6 Å². The molecule has 0 atom stereocenters. The summed E-state index contributed by atoms with van der Waals surface area (Å²) in [6, 6.07) is 0. The molecule has 0 unspecified atom stereocenters. The molecule has 0 saturated carbocycles. The summed E-state index contributed by atoms with van der Waals surface area (Å²) >= 11 is 0. The van der Waals surface area contributed by atoms with Gasteiger partial charge in [0.2, 0.25) is 0 Å². The van der Waals surface area contributed by atoms with Gasteiger partial charge in [-0.25, -0.2) is 9.79 Å². The molecule has 1 aliphatic rings. The number of nitrogens with zero attached hydrogens (tertiary/aromatic N) is 4. The highest BCUT2D eigenvalue weighted by molar-refractivity contribution is 14.0. The second-order valence-corrected chi connectivity index (χ2v) is 8.67. The molecule has 2 N–H and O–H groups in total. The van der Waals surface area contributed by atoms with Gasteiger partial charge in [0, 0.05) is 57.8 Å². The van der Waals surface area contributed by atoms with Gasteiger partial charge in [0.15, 0.2) is 5.96 Å². The van der Waals surface area contributed by atoms with Crippen LogP contribution >= 0.6 is 24.0 Å². The Labute approximate surface area is 209 Å². The molecule has 1 saturated heterocycles. The van der Waals surface area contributed by atoms with Crippen LogP contribution in [0.25, 0.3) is 0 Å². The molecule has 2 heterocycles. The summed E-state index contributed by atoms with van der Waals surface area (Å²) in [7, 11) is 0. The summed E-state index contributed by atoms with van der Waals surface area (Å²) < 4.78 is 10.9. The number of carbonyl (C=O) groups is 1. The average Bonchev–Trinajstić information content (AvgIpc) is 3.13. The molecule has 1 aromatic rings. The minimum Gasteiger partial charge on any atom is -0.444 e. The minimum atomic E-state index is -0.456. The van der Waals surface area contributed by atoms with Gasteiger partial charge >= 0.3 is 6.09 Å². The van der Waals surface area contributed by atoms with Crippen molar-refractivity contribution >= 4 is 36.0 Å². The molecule has 32 heavy (non-hydrogen) atoms. The molecule has 0 aromatic carbocycles. The van der Waals surface area contributed by atoms with Gasteiger partial charge in [-0.1, -0.05) is 19.0 Å². The molecule has 0 radical (unpaired) electrons. The van der Waals surface area contributed by atoms with Crippen molar-refractivity contribution in [3.8, 4) is 0 Å². The van der Waals surface area contributed by atoms with Gasteiger partial charge in [-0.05, 0) is 34.1 Å². The lowest BCUT2D eigenvalue weighted by Crippen LogP contribution is -2.51. The van der Waals surface area contributed by atoms with Crippen LogP contribution in [0.1, 0.15) is 58.6 Å². The van der Waals surface area contributed by atoms with Crippen molar-refractivity contribution in [1.29, 1.82) is 0 Å². The van der Waals surface area contributed by atoms with Crippen molar-refractivity contribution in [3.63, 3.8) is 0 Å². The molecule has 0 spiro atoms. The number of aryl methyl sites for hydroxylation is 2. The van der Waals surface area contributed by atoms with E-state index in [9.17, 15) is 4.79 Å². The first-order valence-corrected chi connectivity index (χ1v) is 11.5. The Balaban J connectivity index is 0.00000512. The largest absolute Gasteiger partial charge is 0.444 e. The number of halogens is 1. The number of hydrogen-bond donors (Lipinski definition) is 2. The van der Waals surface area contributed by atoms with Gasteiger partial charge in [0.25, 0.3) is 0 Å². The quantitative estimate of drug-likeness (QED) is 0.285. The van der Waals surface area contributed by atoms with Gasteiger partial charge in [0.05, 0.1) is 12.2 Å². The zero-order chi connectivity index (χ0) is 22.9. The molecular weight excluding hydrogens is 523 g/mol.